The van der Waals surface area contributed by atoms with E-state index in [0.717, 1.165) is 68.9 Å². The largest absolute Gasteiger partial charge is 0.508 e. The molecule has 7 nitrogen and oxygen atoms in total. The van der Waals surface area contributed by atoms with Crippen molar-refractivity contribution in [2.45, 2.75) is 38.1 Å². The van der Waals surface area contributed by atoms with Gasteiger partial charge in [0.15, 0.2) is 0 Å². The molecule has 1 aromatic carbocycles. The van der Waals surface area contributed by atoms with E-state index >= 15 is 0 Å². The number of ether oxygens (including phenoxy) is 1. The molecule has 1 aromatic heterocycles. The highest BCUT2D eigenvalue weighted by molar-refractivity contribution is 5.39. The molecule has 0 bridgehead atoms. The summed E-state index contributed by atoms with van der Waals surface area (Å²) in [5.74, 6) is 1.97. The van der Waals surface area contributed by atoms with Crippen LogP contribution >= 0.6 is 0 Å². The van der Waals surface area contributed by atoms with E-state index in [1.165, 1.54) is 0 Å². The lowest BCUT2D eigenvalue weighted by Crippen LogP contribution is -2.35. The van der Waals surface area contributed by atoms with Crippen LogP contribution in [0.15, 0.2) is 29.1 Å². The van der Waals surface area contributed by atoms with Crippen LogP contribution in [0.1, 0.15) is 42.9 Å². The van der Waals surface area contributed by atoms with Gasteiger partial charge in [-0.15, -0.1) is 0 Å². The number of piperidine rings is 1. The summed E-state index contributed by atoms with van der Waals surface area (Å²) in [4.78, 5) is 24.4. The third kappa shape index (κ3) is 4.14. The fraction of sp³-hybridized carbons (Fsp3) is 0.524. The zero-order valence-electron chi connectivity index (χ0n) is 16.4. The van der Waals surface area contributed by atoms with Crippen LogP contribution < -0.4 is 15.2 Å². The molecule has 0 saturated carbocycles. The Morgan fingerprint density at radius 1 is 1.21 bits per heavy atom. The summed E-state index contributed by atoms with van der Waals surface area (Å²) in [6.07, 6.45) is 4.36. The number of H-pyrrole nitrogens is 1. The van der Waals surface area contributed by atoms with Crippen molar-refractivity contribution in [3.05, 3.63) is 45.9 Å². The van der Waals surface area contributed by atoms with Crippen molar-refractivity contribution < 1.29 is 9.84 Å². The SMILES string of the molecule is COc1ccc(O)c(CN2CCCC(c3cc(=O)[nH]c(N4CCCC4)n3)C2)c1. The number of nitrogens with one attached hydrogen (secondary N) is 1. The van der Waals surface area contributed by atoms with Crippen LogP contribution in [0.25, 0.3) is 0 Å². The molecule has 0 amide bonds. The van der Waals surface area contributed by atoms with E-state index in [1.807, 2.05) is 6.07 Å². The normalized spacial score (nSPS) is 20.5. The third-order valence-corrected chi connectivity index (χ3v) is 5.76. The molecule has 2 aromatic rings. The van der Waals surface area contributed by atoms with Gasteiger partial charge in [0.1, 0.15) is 11.5 Å². The molecule has 2 aliphatic rings. The van der Waals surface area contributed by atoms with Gasteiger partial charge in [-0.3, -0.25) is 14.7 Å². The highest BCUT2D eigenvalue weighted by Crippen LogP contribution is 2.30. The van der Waals surface area contributed by atoms with Crippen LogP contribution in [0.4, 0.5) is 5.95 Å². The summed E-state index contributed by atoms with van der Waals surface area (Å²) in [6.45, 7) is 4.36. The maximum Gasteiger partial charge on any atom is 0.252 e. The number of benzene rings is 1. The lowest BCUT2D eigenvalue weighted by molar-refractivity contribution is 0.196. The maximum absolute atomic E-state index is 12.2. The number of hydrogen-bond donors (Lipinski definition) is 2. The van der Waals surface area contributed by atoms with Gasteiger partial charge in [0.05, 0.1) is 12.8 Å². The monoisotopic (exact) mass is 384 g/mol. The van der Waals surface area contributed by atoms with Crippen molar-refractivity contribution in [2.75, 3.05) is 38.2 Å². The maximum atomic E-state index is 12.2. The van der Waals surface area contributed by atoms with Crippen molar-refractivity contribution in [3.63, 3.8) is 0 Å². The zero-order chi connectivity index (χ0) is 19.5. The Morgan fingerprint density at radius 3 is 2.82 bits per heavy atom. The Bertz CT molecular complexity index is 876. The molecule has 4 rings (SSSR count). The first-order valence-corrected chi connectivity index (χ1v) is 10.1. The predicted molar refractivity (Wildman–Crippen MR) is 108 cm³/mol. The number of anilines is 1. The van der Waals surface area contributed by atoms with Crippen LogP contribution in [0.5, 0.6) is 11.5 Å². The first-order valence-electron chi connectivity index (χ1n) is 10.1. The first-order chi connectivity index (χ1) is 13.6. The lowest BCUT2D eigenvalue weighted by atomic mass is 9.94. The van der Waals surface area contributed by atoms with Crippen LogP contribution in [0, 0.1) is 0 Å². The van der Waals surface area contributed by atoms with Crippen LogP contribution in [0.2, 0.25) is 0 Å². The number of aromatic amines is 1. The molecular weight excluding hydrogens is 356 g/mol. The van der Waals surface area contributed by atoms with Crippen molar-refractivity contribution in [1.82, 2.24) is 14.9 Å². The molecule has 2 saturated heterocycles. The summed E-state index contributed by atoms with van der Waals surface area (Å²) in [6, 6.07) is 6.97. The van der Waals surface area contributed by atoms with E-state index in [9.17, 15) is 9.90 Å². The minimum absolute atomic E-state index is 0.0746. The Balaban J connectivity index is 1.50. The van der Waals surface area contributed by atoms with Crippen molar-refractivity contribution in [1.29, 1.82) is 0 Å². The predicted octanol–water partition coefficient (Wildman–Crippen LogP) is 2.46. The highest BCUT2D eigenvalue weighted by Gasteiger charge is 2.25. The van der Waals surface area contributed by atoms with E-state index in [2.05, 4.69) is 14.8 Å². The van der Waals surface area contributed by atoms with Gasteiger partial charge in [0.2, 0.25) is 5.95 Å². The van der Waals surface area contributed by atoms with Gasteiger partial charge >= 0.3 is 0 Å². The molecule has 2 N–H and O–H groups in total. The molecule has 1 unspecified atom stereocenters. The average Bonchev–Trinajstić information content (AvgIpc) is 3.24. The van der Waals surface area contributed by atoms with Gasteiger partial charge < -0.3 is 14.7 Å². The summed E-state index contributed by atoms with van der Waals surface area (Å²) < 4.78 is 5.28. The number of rotatable bonds is 5. The van der Waals surface area contributed by atoms with Crippen LogP contribution in [-0.2, 0) is 6.54 Å². The zero-order valence-corrected chi connectivity index (χ0v) is 16.4. The summed E-state index contributed by atoms with van der Waals surface area (Å²) in [7, 11) is 1.63. The number of methoxy groups -OCH3 is 1. The van der Waals surface area contributed by atoms with E-state index in [0.29, 0.717) is 12.5 Å². The number of aromatic hydroxyl groups is 1. The van der Waals surface area contributed by atoms with E-state index in [4.69, 9.17) is 9.72 Å². The van der Waals surface area contributed by atoms with Gasteiger partial charge in [-0.1, -0.05) is 0 Å². The molecule has 1 atom stereocenters. The number of nitrogens with zero attached hydrogens (tertiary/aromatic N) is 3. The van der Waals surface area contributed by atoms with E-state index < -0.39 is 0 Å². The van der Waals surface area contributed by atoms with Gasteiger partial charge in [-0.05, 0) is 50.4 Å². The third-order valence-electron chi connectivity index (χ3n) is 5.76. The standard InChI is InChI=1S/C21H28N4O3/c1-28-17-6-7-19(26)16(11-17)14-24-8-4-5-15(13-24)18-12-20(27)23-21(22-18)25-9-2-3-10-25/h6-7,11-12,15,26H,2-5,8-10,13-14H2,1H3,(H,22,23,27). The van der Waals surface area contributed by atoms with Crippen molar-refractivity contribution in [2.24, 2.45) is 0 Å². The highest BCUT2D eigenvalue weighted by atomic mass is 16.5. The van der Waals surface area contributed by atoms with E-state index in [-0.39, 0.29) is 17.2 Å². The Morgan fingerprint density at radius 2 is 2.04 bits per heavy atom. The first kappa shape index (κ1) is 18.8. The molecular formula is C21H28N4O3. The number of likely N-dealkylation sites (tertiary alicyclic amines) is 1. The fourth-order valence-corrected chi connectivity index (χ4v) is 4.25. The van der Waals surface area contributed by atoms with Crippen LogP contribution in [0.3, 0.4) is 0 Å². The lowest BCUT2D eigenvalue weighted by Gasteiger charge is -2.33. The average molecular weight is 384 g/mol. The number of hydrogen-bond acceptors (Lipinski definition) is 6. The van der Waals surface area contributed by atoms with E-state index in [1.54, 1.807) is 25.3 Å². The molecule has 7 heteroatoms. The molecule has 150 valence electrons. The van der Waals surface area contributed by atoms with Gasteiger partial charge in [-0.2, -0.15) is 0 Å². The van der Waals surface area contributed by atoms with Crippen molar-refractivity contribution >= 4 is 5.95 Å². The molecule has 2 fully saturated rings. The number of phenols is 1. The summed E-state index contributed by atoms with van der Waals surface area (Å²) in [5.41, 5.74) is 1.66. The second-order valence-corrected chi connectivity index (χ2v) is 7.76. The van der Waals surface area contributed by atoms with Gasteiger partial charge in [0, 0.05) is 43.7 Å². The summed E-state index contributed by atoms with van der Waals surface area (Å²) in [5, 5.41) is 10.2. The molecule has 28 heavy (non-hydrogen) atoms. The smallest absolute Gasteiger partial charge is 0.252 e. The van der Waals surface area contributed by atoms with Gasteiger partial charge in [-0.25, -0.2) is 4.98 Å². The second-order valence-electron chi connectivity index (χ2n) is 7.76. The Hall–Kier alpha value is -2.54. The molecule has 2 aliphatic heterocycles. The Kier molecular flexibility index (Phi) is 5.52. The Labute approximate surface area is 165 Å². The fourth-order valence-electron chi connectivity index (χ4n) is 4.25. The summed E-state index contributed by atoms with van der Waals surface area (Å²) >= 11 is 0. The minimum Gasteiger partial charge on any atom is -0.508 e. The molecule has 3 heterocycles. The minimum atomic E-state index is -0.0746. The topological polar surface area (TPSA) is 81.7 Å². The van der Waals surface area contributed by atoms with Crippen LogP contribution in [-0.4, -0.2) is 53.3 Å². The number of aromatic nitrogens is 2. The molecule has 0 aliphatic carbocycles. The number of phenolic OH excluding ortho intramolecular Hbond substituents is 1. The van der Waals surface area contributed by atoms with Gasteiger partial charge in [0.25, 0.3) is 5.56 Å². The molecule has 0 radical (unpaired) electrons. The second kappa shape index (κ2) is 8.22. The molecule has 0 spiro atoms. The quantitative estimate of drug-likeness (QED) is 0.824. The van der Waals surface area contributed by atoms with Crippen molar-refractivity contribution in [3.8, 4) is 11.5 Å².